The van der Waals surface area contributed by atoms with Gasteiger partial charge >= 0.3 is 12.1 Å². The number of aryl methyl sites for hydroxylation is 1. The highest BCUT2D eigenvalue weighted by Gasteiger charge is 2.59. The normalized spacial score (nSPS) is 36.3. The number of likely N-dealkylation sites (N-methyl/N-ethyl adjacent to an activating group) is 1. The Morgan fingerprint density at radius 1 is 1.08 bits per heavy atom. The molecule has 12 atom stereocenters. The summed E-state index contributed by atoms with van der Waals surface area (Å²) < 4.78 is 49.0. The maximum atomic E-state index is 16.7. The van der Waals surface area contributed by atoms with Crippen LogP contribution in [0.25, 0.3) is 11.4 Å². The largest absolute Gasteiger partial charge is 0.455 e. The number of amides is 1. The third kappa shape index (κ3) is 10.7. The lowest BCUT2D eigenvalue weighted by molar-refractivity contribution is -0.289. The number of aliphatic hydroxyl groups is 1. The Balaban J connectivity index is 0.00000769. The Labute approximate surface area is 348 Å². The van der Waals surface area contributed by atoms with Crippen molar-refractivity contribution in [2.45, 2.75) is 167 Å². The number of nitrogens with zero attached hydrogens (tertiary/aromatic N) is 6. The number of cyclic esters (lactones) is 1. The molecule has 17 heteroatoms. The molecule has 5 rings (SSSR count). The lowest BCUT2D eigenvalue weighted by atomic mass is 9.83. The number of fused-ring (bicyclic) bond motifs is 1. The maximum absolute atomic E-state index is 16.7. The summed E-state index contributed by atoms with van der Waals surface area (Å²) in [5.74, 6) is -2.57. The number of aromatic nitrogens is 4. The topological polar surface area (TPSA) is 180 Å². The number of rotatable bonds is 11. The van der Waals surface area contributed by atoms with Crippen LogP contribution in [-0.4, -0.2) is 153 Å². The van der Waals surface area contributed by atoms with E-state index < -0.39 is 71.8 Å². The Hall–Kier alpha value is -3.61. The van der Waals surface area contributed by atoms with Crippen molar-refractivity contribution in [3.63, 3.8) is 0 Å². The number of hydrogen-bond acceptors (Lipinski definition) is 14. The van der Waals surface area contributed by atoms with E-state index in [1.54, 1.807) is 36.5 Å². The first-order chi connectivity index (χ1) is 27.3. The number of nitrogens with one attached hydrogen (secondary N) is 1. The minimum Gasteiger partial charge on any atom is -0.455 e. The van der Waals surface area contributed by atoms with E-state index in [2.05, 4.69) is 20.6 Å². The van der Waals surface area contributed by atoms with Crippen molar-refractivity contribution < 1.29 is 47.6 Å². The van der Waals surface area contributed by atoms with Crippen LogP contribution in [0.3, 0.4) is 0 Å². The number of halogens is 1. The molecule has 3 fully saturated rings. The molecule has 332 valence electrons. The van der Waals surface area contributed by atoms with Crippen LogP contribution >= 0.6 is 0 Å². The molecule has 0 radical (unpaired) electrons. The molecule has 0 spiro atoms. The Morgan fingerprint density at radius 3 is 2.44 bits per heavy atom. The third-order valence-corrected chi connectivity index (χ3v) is 12.2. The number of hydrogen-bond donors (Lipinski definition) is 2. The molecule has 59 heavy (non-hydrogen) atoms. The fourth-order valence-corrected chi connectivity index (χ4v) is 8.73. The van der Waals surface area contributed by atoms with Crippen molar-refractivity contribution in [1.82, 2.24) is 35.1 Å². The fourth-order valence-electron chi connectivity index (χ4n) is 8.73. The minimum atomic E-state index is -3.10. The number of aliphatic hydroxyl groups excluding tert-OH is 1. The fraction of sp³-hybridized carbons (Fsp3) is 0.762. The quantitative estimate of drug-likeness (QED) is 0.183. The molecule has 0 aromatic carbocycles. The number of methoxy groups -OCH3 is 1. The SMILES string of the molecule is C.CC[C@H]1OC(=O)C(C)(F)C(=O)C[C@@H](O[C@@H]2O[C@H](C)CC(N(C)C)C2O)[C@](C)(OC)C[C@@H](C)CN[C@H](C)[C@H]2N(CCCCn3cc(-c4ccccn4)nn3)C(=O)O[C@]12C. The van der Waals surface area contributed by atoms with E-state index in [1.807, 2.05) is 64.2 Å². The number of ketones is 1. The number of esters is 1. The number of pyridine rings is 1. The number of ether oxygens (including phenoxy) is 5. The maximum Gasteiger partial charge on any atom is 0.410 e. The Bertz CT molecular complexity index is 1700. The highest BCUT2D eigenvalue weighted by atomic mass is 19.1. The number of unbranched alkanes of at least 4 members (excludes halogenated alkanes) is 1. The molecule has 0 aliphatic carbocycles. The van der Waals surface area contributed by atoms with Crippen molar-refractivity contribution in [1.29, 1.82) is 0 Å². The van der Waals surface area contributed by atoms with Crippen molar-refractivity contribution in [3.05, 3.63) is 30.6 Å². The van der Waals surface area contributed by atoms with Crippen LogP contribution in [0.5, 0.6) is 0 Å². The average Bonchev–Trinajstić information content (AvgIpc) is 3.76. The number of carbonyl (C=O) groups is 3. The van der Waals surface area contributed by atoms with Gasteiger partial charge in [-0.3, -0.25) is 19.4 Å². The molecular weight excluding hydrogens is 765 g/mol. The van der Waals surface area contributed by atoms with E-state index >= 15 is 4.39 Å². The highest BCUT2D eigenvalue weighted by Crippen LogP contribution is 2.40. The van der Waals surface area contributed by atoms with Crippen LogP contribution in [0.4, 0.5) is 9.18 Å². The average molecular weight is 834 g/mol. The van der Waals surface area contributed by atoms with Gasteiger partial charge in [0.15, 0.2) is 17.7 Å². The predicted molar refractivity (Wildman–Crippen MR) is 218 cm³/mol. The van der Waals surface area contributed by atoms with Gasteiger partial charge in [0.25, 0.3) is 5.67 Å². The lowest BCUT2D eigenvalue weighted by Crippen LogP contribution is -2.61. The summed E-state index contributed by atoms with van der Waals surface area (Å²) >= 11 is 0. The van der Waals surface area contributed by atoms with Crippen LogP contribution in [-0.2, 0) is 39.8 Å². The zero-order chi connectivity index (χ0) is 42.6. The third-order valence-electron chi connectivity index (χ3n) is 12.2. The molecule has 1 amide bonds. The second-order valence-electron chi connectivity index (χ2n) is 17.1. The van der Waals surface area contributed by atoms with E-state index in [0.717, 1.165) is 12.6 Å². The first-order valence-electron chi connectivity index (χ1n) is 20.5. The van der Waals surface area contributed by atoms with E-state index in [1.165, 1.54) is 7.11 Å². The summed E-state index contributed by atoms with van der Waals surface area (Å²) in [6.07, 6.45) is -0.0233. The second-order valence-corrected chi connectivity index (χ2v) is 17.1. The molecule has 2 aromatic heterocycles. The van der Waals surface area contributed by atoms with Gasteiger partial charge in [-0.05, 0) is 105 Å². The van der Waals surface area contributed by atoms with E-state index in [9.17, 15) is 19.5 Å². The zero-order valence-electron chi connectivity index (χ0n) is 35.7. The second kappa shape index (κ2) is 19.8. The van der Waals surface area contributed by atoms with Crippen molar-refractivity contribution in [2.24, 2.45) is 5.92 Å². The lowest BCUT2D eigenvalue weighted by Gasteiger charge is -2.45. The van der Waals surface area contributed by atoms with Gasteiger partial charge in [0.1, 0.15) is 17.9 Å². The monoisotopic (exact) mass is 834 g/mol. The Kier molecular flexibility index (Phi) is 16.2. The number of carbonyl (C=O) groups excluding carboxylic acids is 3. The van der Waals surface area contributed by atoms with Crippen LogP contribution in [0.15, 0.2) is 30.6 Å². The summed E-state index contributed by atoms with van der Waals surface area (Å²) in [7, 11) is 5.19. The number of Topliss-reactive ketones (excluding diaryl/α,β-unsaturated/α-hetero) is 1. The summed E-state index contributed by atoms with van der Waals surface area (Å²) in [6, 6.07) is 4.26. The summed E-state index contributed by atoms with van der Waals surface area (Å²) in [5, 5.41) is 23.4. The van der Waals surface area contributed by atoms with Gasteiger partial charge in [0.2, 0.25) is 0 Å². The molecule has 0 bridgehead atoms. The van der Waals surface area contributed by atoms with Gasteiger partial charge < -0.3 is 39.0 Å². The summed E-state index contributed by atoms with van der Waals surface area (Å²) in [5.41, 5.74) is -4.32. The van der Waals surface area contributed by atoms with Gasteiger partial charge in [-0.15, -0.1) is 5.10 Å². The van der Waals surface area contributed by atoms with Crippen molar-refractivity contribution >= 4 is 17.8 Å². The predicted octanol–water partition coefficient (Wildman–Crippen LogP) is 4.58. The molecule has 3 unspecified atom stereocenters. The van der Waals surface area contributed by atoms with E-state index in [-0.39, 0.29) is 38.0 Å². The van der Waals surface area contributed by atoms with Crippen LogP contribution in [0.1, 0.15) is 94.4 Å². The summed E-state index contributed by atoms with van der Waals surface area (Å²) in [4.78, 5) is 49.4. The first-order valence-corrected chi connectivity index (χ1v) is 20.5. The Morgan fingerprint density at radius 2 is 1.80 bits per heavy atom. The van der Waals surface area contributed by atoms with Crippen LogP contribution < -0.4 is 5.32 Å². The smallest absolute Gasteiger partial charge is 0.410 e. The van der Waals surface area contributed by atoms with E-state index in [4.69, 9.17) is 23.7 Å². The minimum absolute atomic E-state index is 0. The molecule has 3 saturated heterocycles. The van der Waals surface area contributed by atoms with Gasteiger partial charge in [0.05, 0.1) is 35.7 Å². The zero-order valence-corrected chi connectivity index (χ0v) is 35.7. The first kappa shape index (κ1) is 48.1. The molecule has 3 aliphatic rings. The van der Waals surface area contributed by atoms with Gasteiger partial charge in [-0.25, -0.2) is 14.0 Å². The van der Waals surface area contributed by atoms with Crippen molar-refractivity contribution in [3.8, 4) is 11.4 Å². The molecule has 0 saturated carbocycles. The van der Waals surface area contributed by atoms with Gasteiger partial charge in [0, 0.05) is 44.9 Å². The molecule has 3 aliphatic heterocycles. The highest BCUT2D eigenvalue weighted by molar-refractivity contribution is 6.07. The van der Waals surface area contributed by atoms with Crippen LogP contribution in [0.2, 0.25) is 0 Å². The molecule has 5 heterocycles. The molecule has 16 nitrogen and oxygen atoms in total. The van der Waals surface area contributed by atoms with Gasteiger partial charge in [-0.2, -0.15) is 0 Å². The van der Waals surface area contributed by atoms with E-state index in [0.29, 0.717) is 51.0 Å². The van der Waals surface area contributed by atoms with Gasteiger partial charge in [-0.1, -0.05) is 32.6 Å². The number of alkyl halides is 1. The molecule has 2 aromatic rings. The standard InChI is InChI=1S/C41H64FN7O9.CH4/c1-11-32-41(7)35(49(38(53)58-41)19-15-14-18-48-24-29(45-46-48)28-16-12-13-17-43-28)27(4)44-23-25(2)22-39(5,54-10)33(21-31(50)40(6,42)37(52)57-32)56-36-34(51)30(47(8)9)20-26(3)55-36;/h12-13,16-17,24-27,30,32-36,44,51H,11,14-15,18-23H2,1-10H3;1H4/t25-,26-,27-,30?,32-,33-,34?,35-,36+,39-,40?,41-;/m1./s1. The van der Waals surface area contributed by atoms with Crippen molar-refractivity contribution in [2.75, 3.05) is 34.3 Å². The molecular formula is C42H68FN7O9. The van der Waals surface area contributed by atoms with Crippen LogP contribution in [0, 0.1) is 5.92 Å². The summed E-state index contributed by atoms with van der Waals surface area (Å²) in [6.45, 7) is 13.3. The molecule has 2 N–H and O–H groups in total.